The number of pyridine rings is 1. The number of para-hydroxylation sites is 3. The van der Waals surface area contributed by atoms with E-state index in [2.05, 4.69) is 182 Å². The van der Waals surface area contributed by atoms with Gasteiger partial charge >= 0.3 is 0 Å². The predicted octanol–water partition coefficient (Wildman–Crippen LogP) is 13.4. The van der Waals surface area contributed by atoms with E-state index in [1.54, 1.807) is 0 Å². The Bertz CT molecular complexity index is 3380. The van der Waals surface area contributed by atoms with Crippen molar-refractivity contribution in [3.8, 4) is 56.9 Å². The average molecular weight is 773 g/mol. The predicted molar refractivity (Wildman–Crippen MR) is 247 cm³/mol. The van der Waals surface area contributed by atoms with E-state index in [4.69, 9.17) is 19.9 Å². The Hall–Kier alpha value is -7.70. The molecule has 0 fully saturated rings. The first kappa shape index (κ1) is 35.5. The standard InChI is InChI=1S/C54H40N6/c1-54(2,3)43-34-42-40-24-13-15-28-46(40)59(39-22-11-6-12-23-39)49(42)50-48(43)41-25-14-16-29-47(41)60(50)53-57-51(37-20-9-5-10-21-37)56-52(58-53)38-32-30-36(31-33-38)45-27-17-26-44(55-45)35-18-7-4-8-19-35/h4-34H,1-3H3. The van der Waals surface area contributed by atoms with Crippen LogP contribution < -0.4 is 0 Å². The topological polar surface area (TPSA) is 61.4 Å². The summed E-state index contributed by atoms with van der Waals surface area (Å²) in [5.74, 6) is 1.76. The second-order valence-corrected chi connectivity index (χ2v) is 16.3. The fourth-order valence-electron chi connectivity index (χ4n) is 8.71. The highest BCUT2D eigenvalue weighted by Gasteiger charge is 2.29. The third-order valence-corrected chi connectivity index (χ3v) is 11.5. The Morgan fingerprint density at radius 2 is 0.883 bits per heavy atom. The lowest BCUT2D eigenvalue weighted by molar-refractivity contribution is 0.597. The maximum atomic E-state index is 5.40. The minimum atomic E-state index is -0.173. The molecule has 0 amide bonds. The quantitative estimate of drug-likeness (QED) is 0.169. The second kappa shape index (κ2) is 14.0. The van der Waals surface area contributed by atoms with Gasteiger partial charge in [0, 0.05) is 49.5 Å². The first-order chi connectivity index (χ1) is 29.4. The number of fused-ring (bicyclic) bond motifs is 7. The maximum Gasteiger partial charge on any atom is 0.238 e. The van der Waals surface area contributed by atoms with Gasteiger partial charge in [0.25, 0.3) is 0 Å². The number of nitrogens with zero attached hydrogens (tertiary/aromatic N) is 6. The van der Waals surface area contributed by atoms with Gasteiger partial charge in [0.1, 0.15) is 0 Å². The number of benzene rings is 7. The van der Waals surface area contributed by atoms with Crippen LogP contribution in [0.25, 0.3) is 101 Å². The molecule has 11 aromatic rings. The molecule has 0 atom stereocenters. The summed E-state index contributed by atoms with van der Waals surface area (Å²) in [5.41, 5.74) is 12.3. The monoisotopic (exact) mass is 772 g/mol. The van der Waals surface area contributed by atoms with Crippen molar-refractivity contribution in [3.63, 3.8) is 0 Å². The number of hydrogen-bond donors (Lipinski definition) is 0. The Morgan fingerprint density at radius 3 is 1.52 bits per heavy atom. The van der Waals surface area contributed by atoms with E-state index < -0.39 is 0 Å². The minimum absolute atomic E-state index is 0.173. The molecule has 4 aromatic heterocycles. The lowest BCUT2D eigenvalue weighted by atomic mass is 9.83. The van der Waals surface area contributed by atoms with Crippen LogP contribution in [0, 0.1) is 0 Å². The van der Waals surface area contributed by atoms with Crippen LogP contribution >= 0.6 is 0 Å². The highest BCUT2D eigenvalue weighted by molar-refractivity contribution is 6.25. The van der Waals surface area contributed by atoms with E-state index in [1.165, 1.54) is 21.7 Å². The fourth-order valence-corrected chi connectivity index (χ4v) is 8.71. The number of hydrogen-bond acceptors (Lipinski definition) is 4. The van der Waals surface area contributed by atoms with Gasteiger partial charge in [0.15, 0.2) is 11.6 Å². The minimum Gasteiger partial charge on any atom is -0.307 e. The van der Waals surface area contributed by atoms with Crippen molar-refractivity contribution in [2.75, 3.05) is 0 Å². The van der Waals surface area contributed by atoms with Gasteiger partial charge in [-0.15, -0.1) is 0 Å². The zero-order valence-electron chi connectivity index (χ0n) is 33.6. The summed E-state index contributed by atoms with van der Waals surface area (Å²) in [6.07, 6.45) is 0. The van der Waals surface area contributed by atoms with Crippen LogP contribution in [-0.2, 0) is 5.41 Å². The summed E-state index contributed by atoms with van der Waals surface area (Å²) in [4.78, 5) is 20.9. The SMILES string of the molecule is CC(C)(C)c1cc2c3ccccc3n(-c3ccccc3)c2c2c1c1ccccc1n2-c1nc(-c2ccccc2)nc(-c2ccc(-c3cccc(-c4ccccc4)n3)cc2)n1. The molecule has 286 valence electrons. The number of rotatable bonds is 6. The van der Waals surface area contributed by atoms with E-state index in [-0.39, 0.29) is 5.41 Å². The maximum absolute atomic E-state index is 5.40. The van der Waals surface area contributed by atoms with Crippen LogP contribution in [0.15, 0.2) is 188 Å². The molecular formula is C54H40N6. The van der Waals surface area contributed by atoms with Crippen LogP contribution in [0.5, 0.6) is 0 Å². The summed E-state index contributed by atoms with van der Waals surface area (Å²) < 4.78 is 4.69. The van der Waals surface area contributed by atoms with Crippen LogP contribution in [0.3, 0.4) is 0 Å². The average Bonchev–Trinajstić information content (AvgIpc) is 3.83. The molecule has 4 heterocycles. The lowest BCUT2D eigenvalue weighted by Gasteiger charge is -2.22. The summed E-state index contributed by atoms with van der Waals surface area (Å²) in [6.45, 7) is 6.92. The van der Waals surface area contributed by atoms with Crippen molar-refractivity contribution in [1.82, 2.24) is 29.1 Å². The molecule has 0 spiro atoms. The molecule has 0 aliphatic carbocycles. The summed E-state index contributed by atoms with van der Waals surface area (Å²) in [7, 11) is 0. The summed E-state index contributed by atoms with van der Waals surface area (Å²) >= 11 is 0. The second-order valence-electron chi connectivity index (χ2n) is 16.3. The Labute approximate surface area is 348 Å². The Kier molecular flexibility index (Phi) is 8.27. The molecule has 0 bridgehead atoms. The van der Waals surface area contributed by atoms with E-state index in [0.29, 0.717) is 17.6 Å². The van der Waals surface area contributed by atoms with E-state index in [9.17, 15) is 0 Å². The number of aromatic nitrogens is 6. The molecule has 11 rings (SSSR count). The highest BCUT2D eigenvalue weighted by atomic mass is 15.2. The Balaban J connectivity index is 1.20. The van der Waals surface area contributed by atoms with Gasteiger partial charge < -0.3 is 4.57 Å². The molecule has 6 heteroatoms. The van der Waals surface area contributed by atoms with Crippen LogP contribution in [0.2, 0.25) is 0 Å². The van der Waals surface area contributed by atoms with Crippen molar-refractivity contribution in [1.29, 1.82) is 0 Å². The summed E-state index contributed by atoms with van der Waals surface area (Å²) in [6, 6.07) is 65.6. The molecule has 0 aliphatic heterocycles. The molecule has 0 N–H and O–H groups in total. The normalized spacial score (nSPS) is 11.9. The molecule has 0 radical (unpaired) electrons. The molecule has 60 heavy (non-hydrogen) atoms. The van der Waals surface area contributed by atoms with Gasteiger partial charge in [-0.3, -0.25) is 4.57 Å². The third kappa shape index (κ3) is 5.87. The van der Waals surface area contributed by atoms with Gasteiger partial charge in [-0.05, 0) is 53.4 Å². The highest BCUT2D eigenvalue weighted by Crippen LogP contribution is 2.46. The summed E-state index contributed by atoms with van der Waals surface area (Å²) in [5, 5.41) is 4.74. The first-order valence-electron chi connectivity index (χ1n) is 20.4. The van der Waals surface area contributed by atoms with Crippen molar-refractivity contribution in [2.24, 2.45) is 0 Å². The van der Waals surface area contributed by atoms with Crippen LogP contribution in [-0.4, -0.2) is 29.1 Å². The van der Waals surface area contributed by atoms with Crippen molar-refractivity contribution in [2.45, 2.75) is 26.2 Å². The van der Waals surface area contributed by atoms with E-state index in [0.717, 1.165) is 66.8 Å². The van der Waals surface area contributed by atoms with Crippen LogP contribution in [0.1, 0.15) is 26.3 Å². The van der Waals surface area contributed by atoms with Gasteiger partial charge in [0.2, 0.25) is 5.95 Å². The molecule has 0 unspecified atom stereocenters. The molecule has 0 aliphatic rings. The van der Waals surface area contributed by atoms with Crippen molar-refractivity contribution >= 4 is 43.6 Å². The first-order valence-corrected chi connectivity index (χ1v) is 20.4. The van der Waals surface area contributed by atoms with Gasteiger partial charge in [-0.1, -0.05) is 166 Å². The van der Waals surface area contributed by atoms with Crippen LogP contribution in [0.4, 0.5) is 0 Å². The molecular weight excluding hydrogens is 733 g/mol. The van der Waals surface area contributed by atoms with E-state index in [1.807, 2.05) is 36.4 Å². The fraction of sp³-hybridized carbons (Fsp3) is 0.0741. The van der Waals surface area contributed by atoms with Gasteiger partial charge in [-0.25, -0.2) is 9.97 Å². The van der Waals surface area contributed by atoms with Crippen molar-refractivity contribution < 1.29 is 0 Å². The van der Waals surface area contributed by atoms with Gasteiger partial charge in [0.05, 0.1) is 33.5 Å². The lowest BCUT2D eigenvalue weighted by Crippen LogP contribution is -2.12. The van der Waals surface area contributed by atoms with E-state index >= 15 is 0 Å². The molecule has 6 nitrogen and oxygen atoms in total. The molecule has 0 saturated carbocycles. The smallest absolute Gasteiger partial charge is 0.238 e. The third-order valence-electron chi connectivity index (χ3n) is 11.5. The van der Waals surface area contributed by atoms with Gasteiger partial charge in [-0.2, -0.15) is 9.97 Å². The largest absolute Gasteiger partial charge is 0.307 e. The Morgan fingerprint density at radius 1 is 0.383 bits per heavy atom. The zero-order chi connectivity index (χ0) is 40.4. The molecule has 7 aromatic carbocycles. The molecule has 0 saturated heterocycles. The van der Waals surface area contributed by atoms with Crippen molar-refractivity contribution in [3.05, 3.63) is 194 Å². The zero-order valence-corrected chi connectivity index (χ0v) is 33.6.